The predicted molar refractivity (Wildman–Crippen MR) is 278 cm³/mol. The molecule has 6 N–H and O–H groups in total. The van der Waals surface area contributed by atoms with Crippen molar-refractivity contribution >= 4 is 82.8 Å². The fraction of sp³-hybridized carbons (Fsp3) is 0.423. The summed E-state index contributed by atoms with van der Waals surface area (Å²) in [6.45, 7) is 1.33. The van der Waals surface area contributed by atoms with Crippen LogP contribution in [0, 0.1) is 11.8 Å². The van der Waals surface area contributed by atoms with Gasteiger partial charge in [0.1, 0.15) is 0 Å². The van der Waals surface area contributed by atoms with Gasteiger partial charge in [0.05, 0.1) is 28.1 Å². The number of benzene rings is 4. The first kappa shape index (κ1) is 57.0. The van der Waals surface area contributed by atoms with Crippen LogP contribution in [-0.2, 0) is 0 Å². The summed E-state index contributed by atoms with van der Waals surface area (Å²) in [6, 6.07) is 20.1. The molecule has 2 aliphatic heterocycles. The second-order valence-corrected chi connectivity index (χ2v) is 19.2. The minimum Gasteiger partial charge on any atom is -0.478 e. The third kappa shape index (κ3) is 15.3. The number of carbonyl (C=O) groups excluding carboxylic acids is 5. The maximum Gasteiger partial charge on any atom is 0.335 e. The Labute approximate surface area is 416 Å². The molecule has 68 heavy (non-hydrogen) atoms. The van der Waals surface area contributed by atoms with Gasteiger partial charge in [0, 0.05) is 63.5 Å². The van der Waals surface area contributed by atoms with Crippen molar-refractivity contribution in [1.82, 2.24) is 20.9 Å². The van der Waals surface area contributed by atoms with Crippen molar-refractivity contribution in [3.8, 4) is 0 Å². The monoisotopic (exact) mass is 988 g/mol. The first-order chi connectivity index (χ1) is 31.3. The van der Waals surface area contributed by atoms with E-state index < -0.39 is 5.97 Å². The van der Waals surface area contributed by atoms with E-state index in [0.717, 1.165) is 33.4 Å². The molecule has 13 nitrogen and oxygen atoms in total. The highest BCUT2D eigenvalue weighted by atomic mass is 35.5. The van der Waals surface area contributed by atoms with E-state index in [4.69, 9.17) is 0 Å². The molecule has 4 aromatic rings. The number of hydrogen-bond acceptors (Lipinski definition) is 9. The lowest BCUT2D eigenvalue weighted by Crippen LogP contribution is -2.26. The quantitative estimate of drug-likeness (QED) is 0.0893. The van der Waals surface area contributed by atoms with E-state index in [1.165, 1.54) is 111 Å². The summed E-state index contributed by atoms with van der Waals surface area (Å²) in [7, 11) is 7.15. The fourth-order valence-electron chi connectivity index (χ4n) is 8.38. The van der Waals surface area contributed by atoms with Crippen LogP contribution in [-0.4, -0.2) is 86.8 Å². The van der Waals surface area contributed by atoms with Crippen molar-refractivity contribution in [2.45, 2.75) is 111 Å². The van der Waals surface area contributed by atoms with Gasteiger partial charge in [-0.15, -0.1) is 12.4 Å². The Morgan fingerprint density at radius 1 is 0.588 bits per heavy atom. The van der Waals surface area contributed by atoms with Crippen LogP contribution < -0.4 is 26.6 Å². The zero-order valence-electron chi connectivity index (χ0n) is 38.1. The lowest BCUT2D eigenvalue weighted by molar-refractivity contribution is 0.0694. The van der Waals surface area contributed by atoms with Crippen molar-refractivity contribution in [3.63, 3.8) is 0 Å². The van der Waals surface area contributed by atoms with E-state index in [2.05, 4.69) is 26.6 Å². The predicted octanol–water partition coefficient (Wildman–Crippen LogP) is 11.1. The molecule has 0 radical (unpaired) electrons. The summed E-state index contributed by atoms with van der Waals surface area (Å²) in [6.07, 6.45) is 14.9. The molecule has 2 heterocycles. The molecular weight excluding hydrogens is 920 g/mol. The van der Waals surface area contributed by atoms with Crippen LogP contribution in [0.1, 0.15) is 154 Å². The molecule has 16 heteroatoms. The molecule has 0 spiro atoms. The maximum absolute atomic E-state index is 12.8. The van der Waals surface area contributed by atoms with Crippen LogP contribution in [0.15, 0.2) is 92.4 Å². The summed E-state index contributed by atoms with van der Waals surface area (Å²) in [5.74, 6) is -0.563. The van der Waals surface area contributed by atoms with Gasteiger partial charge in [0.15, 0.2) is 0 Å². The molecule has 0 saturated heterocycles. The van der Waals surface area contributed by atoms with Crippen molar-refractivity contribution < 1.29 is 33.9 Å². The zero-order valence-corrected chi connectivity index (χ0v) is 40.5. The minimum atomic E-state index is -1.04. The Hall–Kier alpha value is -5.35. The lowest BCUT2D eigenvalue weighted by atomic mass is 9.87. The van der Waals surface area contributed by atoms with E-state index in [0.29, 0.717) is 63.1 Å². The highest BCUT2D eigenvalue weighted by Crippen LogP contribution is 2.41. The van der Waals surface area contributed by atoms with Gasteiger partial charge in [-0.2, -0.15) is 0 Å². The topological polar surface area (TPSA) is 186 Å². The van der Waals surface area contributed by atoms with E-state index in [1.807, 2.05) is 20.2 Å². The first-order valence-electron chi connectivity index (χ1n) is 22.5. The molecule has 0 bridgehead atoms. The number of nitrogens with one attached hydrogen (secondary N) is 5. The van der Waals surface area contributed by atoms with Crippen LogP contribution in [0.25, 0.3) is 0 Å². The van der Waals surface area contributed by atoms with Gasteiger partial charge in [0.2, 0.25) is 0 Å². The SMILES string of the molecule is C.C.CN(C)C(=O)c1ccc2c(c1)Sc1ccc(C(=O)NCCC3CCCCC3)cc1NC2=O.CNC.Cl.O=C(O)c1ccc2c(c1)Sc1ccc(C(=O)NCCC3CCCCC3)cc1NC2=O. The molecule has 4 aromatic carbocycles. The second kappa shape index (κ2) is 27.6. The van der Waals surface area contributed by atoms with Crippen LogP contribution >= 0.6 is 35.9 Å². The largest absolute Gasteiger partial charge is 0.478 e. The third-order valence-electron chi connectivity index (χ3n) is 11.9. The first-order valence-corrected chi connectivity index (χ1v) is 24.1. The number of hydrogen-bond donors (Lipinski definition) is 6. The molecule has 8 rings (SSSR count). The Bertz CT molecular complexity index is 2400. The fourth-order valence-corrected chi connectivity index (χ4v) is 10.5. The van der Waals surface area contributed by atoms with Crippen molar-refractivity contribution in [2.75, 3.05) is 51.9 Å². The summed E-state index contributed by atoms with van der Waals surface area (Å²) in [5, 5.41) is 23.7. The number of fused-ring (bicyclic) bond motifs is 4. The van der Waals surface area contributed by atoms with Crippen molar-refractivity contribution in [1.29, 1.82) is 0 Å². The Kier molecular flexibility index (Phi) is 23.1. The van der Waals surface area contributed by atoms with Gasteiger partial charge in [-0.25, -0.2) is 4.79 Å². The Morgan fingerprint density at radius 3 is 1.37 bits per heavy atom. The number of halogens is 1. The number of amides is 5. The summed E-state index contributed by atoms with van der Waals surface area (Å²) in [5.41, 5.74) is 3.78. The second-order valence-electron chi connectivity index (χ2n) is 17.1. The van der Waals surface area contributed by atoms with Gasteiger partial charge in [0.25, 0.3) is 29.5 Å². The number of rotatable bonds is 10. The van der Waals surface area contributed by atoms with E-state index in [9.17, 15) is 33.9 Å². The molecule has 0 atom stereocenters. The van der Waals surface area contributed by atoms with E-state index >= 15 is 0 Å². The normalized spacial score (nSPS) is 14.8. The van der Waals surface area contributed by atoms with Gasteiger partial charge in [-0.1, -0.05) is 103 Å². The van der Waals surface area contributed by atoms with Crippen LogP contribution in [0.5, 0.6) is 0 Å². The van der Waals surface area contributed by atoms with Gasteiger partial charge < -0.3 is 36.6 Å². The standard InChI is InChI=1S/C25H29N3O3S.C23H24N2O4S.C2H7N.2CH4.ClH/c1-28(2)25(31)18-8-10-19-22(15-18)32-21-11-9-17(14-20(21)27-24(19)30)23(29)26-13-12-16-6-4-3-5-7-16;26-21(24-11-10-14-4-2-1-3-5-14)15-7-9-19-18(12-15)25-22(27)17-8-6-16(23(28)29)13-20(17)30-19;1-3-2;;;/h8-11,14-16H,3-7,12-13H2,1-2H3,(H,26,29)(H,27,30);6-9,12-14H,1-5,10-11H2,(H,24,26)(H,25,27)(H,28,29);3H,1-2H3;2*1H4;1H. The maximum atomic E-state index is 12.8. The van der Waals surface area contributed by atoms with Crippen LogP contribution in [0.2, 0.25) is 0 Å². The summed E-state index contributed by atoms with van der Waals surface area (Å²) < 4.78 is 0. The molecule has 0 aromatic heterocycles. The number of carboxylic acids is 1. The average molecular weight is 990 g/mol. The molecule has 0 unspecified atom stereocenters. The molecule has 4 aliphatic rings. The van der Waals surface area contributed by atoms with E-state index in [1.54, 1.807) is 62.6 Å². The Morgan fingerprint density at radius 2 is 0.971 bits per heavy atom. The molecule has 2 fully saturated rings. The van der Waals surface area contributed by atoms with Crippen LogP contribution in [0.3, 0.4) is 0 Å². The number of nitrogens with zero attached hydrogens (tertiary/aromatic N) is 1. The third-order valence-corrected chi connectivity index (χ3v) is 14.2. The lowest BCUT2D eigenvalue weighted by Gasteiger charge is -2.21. The van der Waals surface area contributed by atoms with Gasteiger partial charge in [-0.3, -0.25) is 24.0 Å². The van der Waals surface area contributed by atoms with Gasteiger partial charge in [-0.05, 0) is 112 Å². The number of aromatic carboxylic acids is 1. The molecule has 2 saturated carbocycles. The smallest absolute Gasteiger partial charge is 0.335 e. The summed E-state index contributed by atoms with van der Waals surface area (Å²) >= 11 is 2.74. The number of carboxylic acid groups (broad SMARTS) is 1. The van der Waals surface area contributed by atoms with Crippen molar-refractivity contribution in [2.24, 2.45) is 11.8 Å². The van der Waals surface area contributed by atoms with Crippen molar-refractivity contribution in [3.05, 3.63) is 106 Å². The molecule has 2 aliphatic carbocycles. The Balaban J connectivity index is 0.000000327. The van der Waals surface area contributed by atoms with Gasteiger partial charge >= 0.3 is 5.97 Å². The average Bonchev–Trinajstić information content (AvgIpc) is 3.54. The molecular formula is C52H69ClN6O7S2. The number of anilines is 2. The van der Waals surface area contributed by atoms with Crippen LogP contribution in [0.4, 0.5) is 11.4 Å². The highest BCUT2D eigenvalue weighted by molar-refractivity contribution is 8.00. The van der Waals surface area contributed by atoms with E-state index in [-0.39, 0.29) is 62.4 Å². The minimum absolute atomic E-state index is 0. The zero-order chi connectivity index (χ0) is 46.5. The number of carbonyl (C=O) groups is 6. The highest BCUT2D eigenvalue weighted by Gasteiger charge is 2.25. The summed E-state index contributed by atoms with van der Waals surface area (Å²) in [4.78, 5) is 78.6. The molecule has 5 amide bonds. The molecule has 368 valence electrons.